The molecule has 94 valence electrons. The van der Waals surface area contributed by atoms with Crippen LogP contribution in [0.25, 0.3) is 0 Å². The molecular weight excluding hydrogens is 296 g/mol. The van der Waals surface area contributed by atoms with Gasteiger partial charge in [0.05, 0.1) is 12.2 Å². The molecule has 5 heteroatoms. The first kappa shape index (κ1) is 12.8. The minimum Gasteiger partial charge on any atom is -0.359 e. The van der Waals surface area contributed by atoms with Gasteiger partial charge >= 0.3 is 0 Å². The minimum atomic E-state index is -0.122. The summed E-state index contributed by atoms with van der Waals surface area (Å²) in [5, 5.41) is 6.57. The average molecular weight is 309 g/mol. The number of aryl methyl sites for hydroxylation is 2. The van der Waals surface area contributed by atoms with Gasteiger partial charge in [-0.05, 0) is 31.5 Å². The van der Waals surface area contributed by atoms with Gasteiger partial charge in [-0.1, -0.05) is 27.2 Å². The molecule has 0 aliphatic heterocycles. The largest absolute Gasteiger partial charge is 0.359 e. The normalized spacial score (nSPS) is 10.4. The van der Waals surface area contributed by atoms with Crippen molar-refractivity contribution in [3.05, 3.63) is 51.3 Å². The van der Waals surface area contributed by atoms with Crippen molar-refractivity contribution in [2.45, 2.75) is 20.4 Å². The molecule has 0 saturated carbocycles. The van der Waals surface area contributed by atoms with Gasteiger partial charge < -0.3 is 9.84 Å². The lowest BCUT2D eigenvalue weighted by Gasteiger charge is -2.06. The maximum absolute atomic E-state index is 12.0. The second kappa shape index (κ2) is 5.35. The van der Waals surface area contributed by atoms with E-state index in [9.17, 15) is 4.79 Å². The highest BCUT2D eigenvalue weighted by Crippen LogP contribution is 2.16. The molecule has 0 fully saturated rings. The van der Waals surface area contributed by atoms with Gasteiger partial charge in [0, 0.05) is 16.1 Å². The Morgan fingerprint density at radius 1 is 1.39 bits per heavy atom. The molecule has 4 nitrogen and oxygen atoms in total. The monoisotopic (exact) mass is 308 g/mol. The van der Waals surface area contributed by atoms with Gasteiger partial charge in [-0.25, -0.2) is 0 Å². The molecule has 1 amide bonds. The maximum Gasteiger partial charge on any atom is 0.251 e. The number of hydrogen-bond donors (Lipinski definition) is 1. The van der Waals surface area contributed by atoms with E-state index in [1.54, 1.807) is 12.1 Å². The summed E-state index contributed by atoms with van der Waals surface area (Å²) in [6, 6.07) is 7.41. The molecule has 0 bridgehead atoms. The number of aromatic nitrogens is 1. The van der Waals surface area contributed by atoms with Gasteiger partial charge in [0.15, 0.2) is 5.76 Å². The van der Waals surface area contributed by atoms with E-state index in [0.717, 1.165) is 15.7 Å². The van der Waals surface area contributed by atoms with Crippen LogP contribution in [0.1, 0.15) is 27.4 Å². The van der Waals surface area contributed by atoms with Crippen molar-refractivity contribution in [2.24, 2.45) is 0 Å². The van der Waals surface area contributed by atoms with Gasteiger partial charge in [0.2, 0.25) is 0 Å². The molecule has 0 radical (unpaired) electrons. The Kier molecular flexibility index (Phi) is 3.81. The van der Waals surface area contributed by atoms with Crippen LogP contribution < -0.4 is 5.32 Å². The molecule has 1 aromatic carbocycles. The highest BCUT2D eigenvalue weighted by molar-refractivity contribution is 9.10. The summed E-state index contributed by atoms with van der Waals surface area (Å²) < 4.78 is 5.91. The van der Waals surface area contributed by atoms with E-state index in [-0.39, 0.29) is 5.91 Å². The predicted octanol–water partition coefficient (Wildman–Crippen LogP) is 2.98. The summed E-state index contributed by atoms with van der Waals surface area (Å²) in [5.41, 5.74) is 2.39. The Hall–Kier alpha value is -1.62. The Morgan fingerprint density at radius 3 is 2.83 bits per heavy atom. The van der Waals surface area contributed by atoms with E-state index in [2.05, 4.69) is 26.4 Å². The first-order chi connectivity index (χ1) is 8.56. The molecule has 18 heavy (non-hydrogen) atoms. The third kappa shape index (κ3) is 2.98. The zero-order valence-corrected chi connectivity index (χ0v) is 11.7. The highest BCUT2D eigenvalue weighted by atomic mass is 79.9. The molecule has 1 heterocycles. The van der Waals surface area contributed by atoms with E-state index in [4.69, 9.17) is 4.52 Å². The first-order valence-corrected chi connectivity index (χ1v) is 6.32. The van der Waals surface area contributed by atoms with Crippen molar-refractivity contribution >= 4 is 21.8 Å². The lowest BCUT2D eigenvalue weighted by molar-refractivity contribution is 0.0946. The van der Waals surface area contributed by atoms with Gasteiger partial charge in [0.1, 0.15) is 0 Å². The van der Waals surface area contributed by atoms with Crippen molar-refractivity contribution < 1.29 is 9.32 Å². The van der Waals surface area contributed by atoms with Crippen LogP contribution in [0.4, 0.5) is 0 Å². The molecule has 0 atom stereocenters. The van der Waals surface area contributed by atoms with Crippen LogP contribution in [-0.4, -0.2) is 11.1 Å². The van der Waals surface area contributed by atoms with Crippen LogP contribution in [0.5, 0.6) is 0 Å². The number of halogens is 1. The van der Waals surface area contributed by atoms with Gasteiger partial charge in [0.25, 0.3) is 5.91 Å². The molecule has 0 aliphatic rings. The fourth-order valence-corrected chi connectivity index (χ4v) is 1.96. The summed E-state index contributed by atoms with van der Waals surface area (Å²) in [6.45, 7) is 4.08. The quantitative estimate of drug-likeness (QED) is 0.948. The Balaban J connectivity index is 2.05. The molecule has 1 aromatic heterocycles. The number of hydrogen-bond acceptors (Lipinski definition) is 3. The molecule has 0 saturated heterocycles. The van der Waals surface area contributed by atoms with Crippen molar-refractivity contribution in [1.82, 2.24) is 10.5 Å². The van der Waals surface area contributed by atoms with Crippen LogP contribution in [0.15, 0.2) is 33.3 Å². The van der Waals surface area contributed by atoms with E-state index in [1.165, 1.54) is 0 Å². The third-order valence-corrected chi connectivity index (χ3v) is 3.04. The van der Waals surface area contributed by atoms with E-state index < -0.39 is 0 Å². The van der Waals surface area contributed by atoms with Crippen molar-refractivity contribution in [3.63, 3.8) is 0 Å². The summed E-state index contributed by atoms with van der Waals surface area (Å²) in [6.07, 6.45) is 0. The molecule has 2 aromatic rings. The fourth-order valence-electron chi connectivity index (χ4n) is 1.60. The van der Waals surface area contributed by atoms with E-state index in [1.807, 2.05) is 26.0 Å². The summed E-state index contributed by atoms with van der Waals surface area (Å²) in [5.74, 6) is 0.524. The van der Waals surface area contributed by atoms with E-state index in [0.29, 0.717) is 17.9 Å². The smallest absolute Gasteiger partial charge is 0.251 e. The Labute approximate surface area is 113 Å². The van der Waals surface area contributed by atoms with Crippen LogP contribution in [0.3, 0.4) is 0 Å². The minimum absolute atomic E-state index is 0.122. The number of amides is 1. The number of carbonyl (C=O) groups excluding carboxylic acids is 1. The maximum atomic E-state index is 12.0. The second-order valence-electron chi connectivity index (χ2n) is 4.08. The number of carbonyl (C=O) groups is 1. The fraction of sp³-hybridized carbons (Fsp3) is 0.231. The first-order valence-electron chi connectivity index (χ1n) is 5.53. The predicted molar refractivity (Wildman–Crippen MR) is 71.3 cm³/mol. The molecule has 2 rings (SSSR count). The zero-order valence-electron chi connectivity index (χ0n) is 10.2. The summed E-state index contributed by atoms with van der Waals surface area (Å²) in [4.78, 5) is 12.0. The third-order valence-electron chi connectivity index (χ3n) is 2.54. The van der Waals surface area contributed by atoms with Crippen molar-refractivity contribution in [1.29, 1.82) is 0 Å². The SMILES string of the molecule is Cc1cc(CNC(=O)c2cc(Br)ccc2C)on1. The Bertz CT molecular complexity index is 578. The molecule has 0 spiro atoms. The summed E-state index contributed by atoms with van der Waals surface area (Å²) >= 11 is 3.36. The van der Waals surface area contributed by atoms with E-state index >= 15 is 0 Å². The number of rotatable bonds is 3. The molecule has 0 unspecified atom stereocenters. The number of benzene rings is 1. The van der Waals surface area contributed by atoms with Gasteiger partial charge in [-0.2, -0.15) is 0 Å². The number of nitrogens with one attached hydrogen (secondary N) is 1. The van der Waals surface area contributed by atoms with Crippen LogP contribution in [0, 0.1) is 13.8 Å². The van der Waals surface area contributed by atoms with Gasteiger partial charge in [-0.3, -0.25) is 4.79 Å². The van der Waals surface area contributed by atoms with Crippen LogP contribution >= 0.6 is 15.9 Å². The summed E-state index contributed by atoms with van der Waals surface area (Å²) in [7, 11) is 0. The lowest BCUT2D eigenvalue weighted by atomic mass is 10.1. The second-order valence-corrected chi connectivity index (χ2v) is 4.99. The molecule has 1 N–H and O–H groups in total. The lowest BCUT2D eigenvalue weighted by Crippen LogP contribution is -2.23. The highest BCUT2D eigenvalue weighted by Gasteiger charge is 2.10. The van der Waals surface area contributed by atoms with Gasteiger partial charge in [-0.15, -0.1) is 0 Å². The van der Waals surface area contributed by atoms with Crippen molar-refractivity contribution in [2.75, 3.05) is 0 Å². The standard InChI is InChI=1S/C13H13BrN2O2/c1-8-3-4-10(14)6-12(8)13(17)15-7-11-5-9(2)16-18-11/h3-6H,7H2,1-2H3,(H,15,17). The van der Waals surface area contributed by atoms with Crippen LogP contribution in [-0.2, 0) is 6.54 Å². The number of nitrogens with zero attached hydrogens (tertiary/aromatic N) is 1. The zero-order chi connectivity index (χ0) is 13.1. The molecule has 0 aliphatic carbocycles. The molecular formula is C13H13BrN2O2. The Morgan fingerprint density at radius 2 is 2.17 bits per heavy atom. The van der Waals surface area contributed by atoms with Crippen LogP contribution in [0.2, 0.25) is 0 Å². The topological polar surface area (TPSA) is 55.1 Å². The van der Waals surface area contributed by atoms with Crippen molar-refractivity contribution in [3.8, 4) is 0 Å². The average Bonchev–Trinajstić information content (AvgIpc) is 2.75.